The van der Waals surface area contributed by atoms with E-state index in [9.17, 15) is 4.21 Å². The third-order valence-electron chi connectivity index (χ3n) is 2.90. The summed E-state index contributed by atoms with van der Waals surface area (Å²) in [5.74, 6) is 0.563. The van der Waals surface area contributed by atoms with E-state index in [4.69, 9.17) is 22.6 Å². The maximum atomic E-state index is 12.1. The second kappa shape index (κ2) is 6.93. The lowest BCUT2D eigenvalue weighted by molar-refractivity contribution is 0.432. The van der Waals surface area contributed by atoms with Gasteiger partial charge in [-0.1, -0.05) is 18.0 Å². The Morgan fingerprint density at radius 2 is 2.11 bits per heavy atom. The predicted octanol–water partition coefficient (Wildman–Crippen LogP) is 3.75. The van der Waals surface area contributed by atoms with Gasteiger partial charge in [0, 0.05) is 16.5 Å². The highest BCUT2D eigenvalue weighted by Gasteiger charge is 2.16. The highest BCUT2D eigenvalue weighted by atomic mass is 35.5. The number of hydrogen-bond acceptors (Lipinski definition) is 3. The third-order valence-corrected chi connectivity index (χ3v) is 4.66. The Kier molecular flexibility index (Phi) is 5.84. The van der Waals surface area contributed by atoms with Crippen molar-refractivity contribution < 1.29 is 4.21 Å². The van der Waals surface area contributed by atoms with Gasteiger partial charge in [-0.15, -0.1) is 0 Å². The van der Waals surface area contributed by atoms with Crippen LogP contribution in [0.3, 0.4) is 0 Å². The van der Waals surface area contributed by atoms with Gasteiger partial charge in [0.15, 0.2) is 0 Å². The Balaban J connectivity index is 2.46. The van der Waals surface area contributed by atoms with Crippen molar-refractivity contribution in [2.24, 2.45) is 5.41 Å². The zero-order valence-corrected chi connectivity index (χ0v) is 12.9. The zero-order valence-electron chi connectivity index (χ0n) is 11.3. The summed E-state index contributed by atoms with van der Waals surface area (Å²) in [5, 5.41) is 9.45. The fourth-order valence-electron chi connectivity index (χ4n) is 1.69. The van der Waals surface area contributed by atoms with Gasteiger partial charge in [-0.3, -0.25) is 4.21 Å². The molecule has 0 spiro atoms. The lowest BCUT2D eigenvalue weighted by Crippen LogP contribution is -2.08. The van der Waals surface area contributed by atoms with Crippen LogP contribution in [-0.4, -0.2) is 9.96 Å². The lowest BCUT2D eigenvalue weighted by Gasteiger charge is -2.14. The van der Waals surface area contributed by atoms with E-state index in [2.05, 4.69) is 6.07 Å². The fraction of sp³-hybridized carbons (Fsp3) is 0.500. The van der Waals surface area contributed by atoms with E-state index < -0.39 is 10.8 Å². The molecule has 0 bridgehead atoms. The minimum absolute atomic E-state index is 0.305. The smallest absolute Gasteiger partial charge is 0.0683 e. The molecule has 1 rings (SSSR count). The predicted molar refractivity (Wildman–Crippen MR) is 80.4 cm³/mol. The van der Waals surface area contributed by atoms with Crippen molar-refractivity contribution in [3.8, 4) is 6.07 Å². The van der Waals surface area contributed by atoms with Gasteiger partial charge in [0.05, 0.1) is 27.2 Å². The Morgan fingerprint density at radius 1 is 1.42 bits per heavy atom. The van der Waals surface area contributed by atoms with Crippen LogP contribution in [0.2, 0.25) is 5.02 Å². The van der Waals surface area contributed by atoms with Gasteiger partial charge in [-0.05, 0) is 44.9 Å². The molecular weight excluding hydrogens is 280 g/mol. The molecule has 0 aliphatic carbocycles. The summed E-state index contributed by atoms with van der Waals surface area (Å²) in [7, 11) is -1.10. The molecule has 5 heteroatoms. The van der Waals surface area contributed by atoms with E-state index in [0.29, 0.717) is 21.4 Å². The standard InChI is InChI=1S/C14H19ClN2OS/c1-14(2,10-16)7-3-4-8-19(18)13-6-5-11(15)9-12(13)17/h5-6,9H,3-4,7-8,17H2,1-2H3. The van der Waals surface area contributed by atoms with Crippen LogP contribution in [0.5, 0.6) is 0 Å². The summed E-state index contributed by atoms with van der Waals surface area (Å²) >= 11 is 5.81. The molecule has 0 saturated carbocycles. The summed E-state index contributed by atoms with van der Waals surface area (Å²) < 4.78 is 12.1. The topological polar surface area (TPSA) is 66.9 Å². The first-order valence-electron chi connectivity index (χ1n) is 6.20. The van der Waals surface area contributed by atoms with Crippen LogP contribution >= 0.6 is 11.6 Å². The van der Waals surface area contributed by atoms with Crippen LogP contribution in [0.4, 0.5) is 5.69 Å². The number of hydrogen-bond donors (Lipinski definition) is 1. The Labute approximate surface area is 122 Å². The number of rotatable bonds is 6. The van der Waals surface area contributed by atoms with Crippen molar-refractivity contribution in [2.45, 2.75) is 38.0 Å². The molecule has 0 amide bonds. The summed E-state index contributed by atoms with van der Waals surface area (Å²) in [6.45, 7) is 3.84. The van der Waals surface area contributed by atoms with Crippen molar-refractivity contribution in [3.05, 3.63) is 23.2 Å². The summed E-state index contributed by atoms with van der Waals surface area (Å²) in [6, 6.07) is 7.30. The Morgan fingerprint density at radius 3 is 2.68 bits per heavy atom. The minimum Gasteiger partial charge on any atom is -0.398 e. The van der Waals surface area contributed by atoms with E-state index in [-0.39, 0.29) is 5.41 Å². The van der Waals surface area contributed by atoms with Gasteiger partial charge >= 0.3 is 0 Å². The molecule has 0 heterocycles. The monoisotopic (exact) mass is 298 g/mol. The van der Waals surface area contributed by atoms with Crippen LogP contribution in [0, 0.1) is 16.7 Å². The van der Waals surface area contributed by atoms with E-state index in [1.165, 1.54) is 0 Å². The molecule has 2 N–H and O–H groups in total. The maximum Gasteiger partial charge on any atom is 0.0683 e. The van der Waals surface area contributed by atoms with Crippen LogP contribution in [0.25, 0.3) is 0 Å². The number of nitrogens with two attached hydrogens (primary N) is 1. The van der Waals surface area contributed by atoms with Gasteiger partial charge in [-0.25, -0.2) is 0 Å². The highest BCUT2D eigenvalue weighted by molar-refractivity contribution is 7.85. The number of halogens is 1. The molecule has 0 aliphatic rings. The van der Waals surface area contributed by atoms with Gasteiger partial charge < -0.3 is 5.73 Å². The Hall–Kier alpha value is -1.05. The molecule has 0 aliphatic heterocycles. The summed E-state index contributed by atoms with van der Waals surface area (Å²) in [5.41, 5.74) is 5.97. The lowest BCUT2D eigenvalue weighted by atomic mass is 9.89. The summed E-state index contributed by atoms with van der Waals surface area (Å²) in [6.07, 6.45) is 2.52. The molecule has 3 nitrogen and oxygen atoms in total. The average Bonchev–Trinajstić information content (AvgIpc) is 2.34. The number of nitriles is 1. The first-order chi connectivity index (χ1) is 8.85. The first kappa shape index (κ1) is 16.0. The molecule has 0 saturated heterocycles. The van der Waals surface area contributed by atoms with E-state index >= 15 is 0 Å². The molecule has 104 valence electrons. The van der Waals surface area contributed by atoms with Crippen LogP contribution in [0.1, 0.15) is 33.1 Å². The molecule has 1 aromatic carbocycles. The normalized spacial score (nSPS) is 12.9. The van der Waals surface area contributed by atoms with Crippen molar-refractivity contribution in [1.82, 2.24) is 0 Å². The number of nitrogens with zero attached hydrogens (tertiary/aromatic N) is 1. The quantitative estimate of drug-likeness (QED) is 0.642. The minimum atomic E-state index is -1.10. The number of benzene rings is 1. The van der Waals surface area contributed by atoms with Crippen molar-refractivity contribution in [2.75, 3.05) is 11.5 Å². The largest absolute Gasteiger partial charge is 0.398 e. The van der Waals surface area contributed by atoms with Gasteiger partial charge in [0.1, 0.15) is 0 Å². The van der Waals surface area contributed by atoms with Crippen molar-refractivity contribution in [3.63, 3.8) is 0 Å². The first-order valence-corrected chi connectivity index (χ1v) is 7.90. The molecule has 19 heavy (non-hydrogen) atoms. The van der Waals surface area contributed by atoms with E-state index in [1.54, 1.807) is 18.2 Å². The maximum absolute atomic E-state index is 12.1. The van der Waals surface area contributed by atoms with Crippen LogP contribution < -0.4 is 5.73 Å². The molecule has 1 unspecified atom stereocenters. The van der Waals surface area contributed by atoms with Gasteiger partial charge in [-0.2, -0.15) is 5.26 Å². The zero-order chi connectivity index (χ0) is 14.5. The van der Waals surface area contributed by atoms with E-state index in [0.717, 1.165) is 19.3 Å². The van der Waals surface area contributed by atoms with Gasteiger partial charge in [0.25, 0.3) is 0 Å². The molecule has 0 radical (unpaired) electrons. The second-order valence-corrected chi connectivity index (χ2v) is 7.16. The SMILES string of the molecule is CC(C)(C#N)CCCCS(=O)c1ccc(Cl)cc1N. The molecule has 1 aromatic rings. The molecule has 1 atom stereocenters. The van der Waals surface area contributed by atoms with Crippen molar-refractivity contribution in [1.29, 1.82) is 5.26 Å². The number of anilines is 1. The number of unbranched alkanes of at least 4 members (excludes halogenated alkanes) is 1. The Bertz CT molecular complexity index is 509. The molecular formula is C14H19ClN2OS. The van der Waals surface area contributed by atoms with Crippen LogP contribution in [0.15, 0.2) is 23.1 Å². The molecule has 0 fully saturated rings. The third kappa shape index (κ3) is 5.22. The molecule has 0 aromatic heterocycles. The fourth-order valence-corrected chi connectivity index (χ4v) is 3.10. The highest BCUT2D eigenvalue weighted by Crippen LogP contribution is 2.24. The van der Waals surface area contributed by atoms with Gasteiger partial charge in [0.2, 0.25) is 0 Å². The number of nitrogen functional groups attached to an aromatic ring is 1. The second-order valence-electron chi connectivity index (χ2n) is 5.18. The van der Waals surface area contributed by atoms with E-state index in [1.807, 2.05) is 13.8 Å². The van der Waals surface area contributed by atoms with Crippen LogP contribution in [-0.2, 0) is 10.8 Å². The average molecular weight is 299 g/mol. The van der Waals surface area contributed by atoms with Crippen molar-refractivity contribution >= 4 is 28.1 Å². The summed E-state index contributed by atoms with van der Waals surface area (Å²) in [4.78, 5) is 0.643.